The molecule has 6 heteroatoms. The van der Waals surface area contributed by atoms with Crippen LogP contribution >= 0.6 is 0 Å². The maximum absolute atomic E-state index is 15.3. The molecule has 36 heavy (non-hydrogen) atoms. The van der Waals surface area contributed by atoms with Crippen LogP contribution in [0.15, 0.2) is 108 Å². The molecule has 180 valence electrons. The highest BCUT2D eigenvalue weighted by atomic mass is 19.1. The summed E-state index contributed by atoms with van der Waals surface area (Å²) in [6, 6.07) is 30.4. The summed E-state index contributed by atoms with van der Waals surface area (Å²) in [5.41, 5.74) is 2.87. The van der Waals surface area contributed by atoms with E-state index in [4.69, 9.17) is 4.74 Å². The molecular formula is C30H26FN3O2. The average molecular weight is 480 g/mol. The van der Waals surface area contributed by atoms with Crippen molar-refractivity contribution in [3.05, 3.63) is 130 Å². The minimum atomic E-state index is -0.611. The van der Waals surface area contributed by atoms with Gasteiger partial charge in [-0.3, -0.25) is 9.36 Å². The summed E-state index contributed by atoms with van der Waals surface area (Å²) in [5.74, 6) is -0.0175. The lowest BCUT2D eigenvalue weighted by Gasteiger charge is -2.22. The summed E-state index contributed by atoms with van der Waals surface area (Å²) in [6.07, 6.45) is 1.07. The summed E-state index contributed by atoms with van der Waals surface area (Å²) in [4.78, 5) is 17.9. The summed E-state index contributed by atoms with van der Waals surface area (Å²) in [5, 5.41) is 3.55. The molecule has 5 nitrogen and oxygen atoms in total. The van der Waals surface area contributed by atoms with Crippen LogP contribution in [0.5, 0.6) is 0 Å². The molecular weight excluding hydrogens is 453 g/mol. The van der Waals surface area contributed by atoms with E-state index in [1.807, 2.05) is 102 Å². The molecule has 2 aromatic heterocycles. The molecule has 0 bridgehead atoms. The molecule has 0 saturated heterocycles. The maximum Gasteiger partial charge on any atom is 0.193 e. The van der Waals surface area contributed by atoms with Crippen LogP contribution in [-0.4, -0.2) is 9.55 Å². The molecule has 0 aliphatic heterocycles. The zero-order chi connectivity index (χ0) is 24.9. The van der Waals surface area contributed by atoms with E-state index in [9.17, 15) is 4.79 Å². The van der Waals surface area contributed by atoms with Crippen molar-refractivity contribution in [3.8, 4) is 5.69 Å². The number of halogens is 1. The molecule has 1 N–H and O–H groups in total. The number of aromatic nitrogens is 2. The Morgan fingerprint density at radius 3 is 2.25 bits per heavy atom. The third-order valence-corrected chi connectivity index (χ3v) is 6.06. The molecule has 0 spiro atoms. The number of benzene rings is 3. The molecule has 1 unspecified atom stereocenters. The maximum atomic E-state index is 15.3. The highest BCUT2D eigenvalue weighted by molar-refractivity contribution is 5.84. The third-order valence-electron chi connectivity index (χ3n) is 6.06. The van der Waals surface area contributed by atoms with Crippen molar-refractivity contribution in [1.82, 2.24) is 9.55 Å². The van der Waals surface area contributed by atoms with E-state index in [1.165, 1.54) is 12.3 Å². The van der Waals surface area contributed by atoms with Crippen LogP contribution in [0.2, 0.25) is 0 Å². The van der Waals surface area contributed by atoms with Crippen LogP contribution in [0.1, 0.15) is 30.6 Å². The Bertz CT molecular complexity index is 1520. The van der Waals surface area contributed by atoms with Gasteiger partial charge in [-0.25, -0.2) is 9.37 Å². The minimum absolute atomic E-state index is 0.220. The molecule has 0 radical (unpaired) electrons. The Morgan fingerprint density at radius 2 is 1.58 bits per heavy atom. The second-order valence-corrected chi connectivity index (χ2v) is 8.47. The summed E-state index contributed by atoms with van der Waals surface area (Å²) < 4.78 is 23.3. The molecule has 3 aromatic carbocycles. The van der Waals surface area contributed by atoms with Gasteiger partial charge < -0.3 is 10.1 Å². The number of hydrogen-bond donors (Lipinski definition) is 1. The number of nitrogens with zero attached hydrogens (tertiary/aromatic N) is 2. The van der Waals surface area contributed by atoms with Gasteiger partial charge >= 0.3 is 0 Å². The second-order valence-electron chi connectivity index (χ2n) is 8.47. The standard InChI is InChI=1S/C30H26FN3O2/c1-2-26(36-20-21-12-6-3-7-13-21)28-24(31)19-32-30-29(28)25(35)18-27(33-22-14-8-4-9-15-22)34(30)23-16-10-5-11-17-23/h3-19,26,33H,2,20H2,1H3. The van der Waals surface area contributed by atoms with Crippen molar-refractivity contribution in [2.24, 2.45) is 0 Å². The fourth-order valence-electron chi connectivity index (χ4n) is 4.37. The lowest BCUT2D eigenvalue weighted by atomic mass is 10.0. The van der Waals surface area contributed by atoms with Crippen LogP contribution < -0.4 is 10.7 Å². The predicted octanol–water partition coefficient (Wildman–Crippen LogP) is 6.94. The van der Waals surface area contributed by atoms with Crippen LogP contribution in [0, 0.1) is 5.82 Å². The van der Waals surface area contributed by atoms with E-state index in [2.05, 4.69) is 10.3 Å². The minimum Gasteiger partial charge on any atom is -0.369 e. The first-order valence-electron chi connectivity index (χ1n) is 11.9. The van der Waals surface area contributed by atoms with Crippen molar-refractivity contribution in [2.45, 2.75) is 26.1 Å². The molecule has 2 heterocycles. The molecule has 0 saturated carbocycles. The fraction of sp³-hybridized carbons (Fsp3) is 0.133. The predicted molar refractivity (Wildman–Crippen MR) is 141 cm³/mol. The summed E-state index contributed by atoms with van der Waals surface area (Å²) >= 11 is 0. The summed E-state index contributed by atoms with van der Waals surface area (Å²) in [7, 11) is 0. The van der Waals surface area contributed by atoms with E-state index in [-0.39, 0.29) is 16.4 Å². The molecule has 5 aromatic rings. The van der Waals surface area contributed by atoms with Crippen LogP contribution in [0.3, 0.4) is 0 Å². The number of nitrogens with one attached hydrogen (secondary N) is 1. The second kappa shape index (κ2) is 10.5. The summed E-state index contributed by atoms with van der Waals surface area (Å²) in [6.45, 7) is 2.23. The largest absolute Gasteiger partial charge is 0.369 e. The topological polar surface area (TPSA) is 56.1 Å². The number of rotatable bonds is 8. The van der Waals surface area contributed by atoms with Crippen molar-refractivity contribution in [3.63, 3.8) is 0 Å². The Balaban J connectivity index is 1.68. The van der Waals surface area contributed by atoms with Crippen LogP contribution in [-0.2, 0) is 11.3 Å². The van der Waals surface area contributed by atoms with Gasteiger partial charge in [0.1, 0.15) is 11.6 Å². The fourth-order valence-corrected chi connectivity index (χ4v) is 4.37. The SMILES string of the molecule is CCC(OCc1ccccc1)c1c(F)cnc2c1c(=O)cc(Nc1ccccc1)n2-c1ccccc1. The highest BCUT2D eigenvalue weighted by Gasteiger charge is 2.24. The van der Waals surface area contributed by atoms with Crippen LogP contribution in [0.25, 0.3) is 16.7 Å². The van der Waals surface area contributed by atoms with E-state index >= 15 is 4.39 Å². The molecule has 5 rings (SSSR count). The molecule has 0 amide bonds. The smallest absolute Gasteiger partial charge is 0.193 e. The average Bonchev–Trinajstić information content (AvgIpc) is 2.92. The Hall–Kier alpha value is -4.29. The van der Waals surface area contributed by atoms with Crippen molar-refractivity contribution in [1.29, 1.82) is 0 Å². The molecule has 1 atom stereocenters. The van der Waals surface area contributed by atoms with E-state index in [0.717, 1.165) is 16.9 Å². The van der Waals surface area contributed by atoms with Gasteiger partial charge in [0.15, 0.2) is 11.1 Å². The number of ether oxygens (including phenoxy) is 1. The lowest BCUT2D eigenvalue weighted by molar-refractivity contribution is 0.0358. The van der Waals surface area contributed by atoms with Crippen molar-refractivity contribution >= 4 is 22.5 Å². The van der Waals surface area contributed by atoms with Gasteiger partial charge in [-0.2, -0.15) is 0 Å². The van der Waals surface area contributed by atoms with Gasteiger partial charge in [-0.05, 0) is 36.2 Å². The number of para-hydroxylation sites is 2. The normalized spacial score (nSPS) is 11.9. The first-order chi connectivity index (χ1) is 17.7. The van der Waals surface area contributed by atoms with Gasteiger partial charge in [-0.15, -0.1) is 0 Å². The first kappa shape index (κ1) is 23.5. The third kappa shape index (κ3) is 4.76. The highest BCUT2D eigenvalue weighted by Crippen LogP contribution is 2.32. The number of anilines is 2. The molecule has 0 fully saturated rings. The zero-order valence-electron chi connectivity index (χ0n) is 19.9. The van der Waals surface area contributed by atoms with Gasteiger partial charge in [0.05, 0.1) is 24.3 Å². The van der Waals surface area contributed by atoms with Gasteiger partial charge in [-0.1, -0.05) is 73.7 Å². The quantitative estimate of drug-likeness (QED) is 0.262. The monoisotopic (exact) mass is 479 g/mol. The number of pyridine rings is 2. The van der Waals surface area contributed by atoms with E-state index in [0.29, 0.717) is 24.5 Å². The van der Waals surface area contributed by atoms with Gasteiger partial charge in [0.25, 0.3) is 0 Å². The molecule has 0 aliphatic rings. The van der Waals surface area contributed by atoms with Crippen LogP contribution in [0.4, 0.5) is 15.9 Å². The van der Waals surface area contributed by atoms with Crippen molar-refractivity contribution in [2.75, 3.05) is 5.32 Å². The lowest BCUT2D eigenvalue weighted by Crippen LogP contribution is -2.18. The first-order valence-corrected chi connectivity index (χ1v) is 11.9. The Kier molecular flexibility index (Phi) is 6.87. The van der Waals surface area contributed by atoms with E-state index < -0.39 is 11.9 Å². The Labute approximate surface area is 208 Å². The van der Waals surface area contributed by atoms with Gasteiger partial charge in [0.2, 0.25) is 0 Å². The van der Waals surface area contributed by atoms with Crippen molar-refractivity contribution < 1.29 is 9.13 Å². The van der Waals surface area contributed by atoms with E-state index in [1.54, 1.807) is 0 Å². The number of fused-ring (bicyclic) bond motifs is 1. The Morgan fingerprint density at radius 1 is 0.944 bits per heavy atom. The molecule has 0 aliphatic carbocycles. The number of hydrogen-bond acceptors (Lipinski definition) is 4. The van der Waals surface area contributed by atoms with Gasteiger partial charge in [0, 0.05) is 23.0 Å². The zero-order valence-corrected chi connectivity index (χ0v) is 19.9.